The molecule has 7 rings (SSSR count). The number of rotatable bonds is 12. The summed E-state index contributed by atoms with van der Waals surface area (Å²) < 4.78 is 70.8. The molecule has 10 nitrogen and oxygen atoms in total. The highest BCUT2D eigenvalue weighted by Crippen LogP contribution is 2.65. The van der Waals surface area contributed by atoms with E-state index in [1.807, 2.05) is 67.6 Å². The van der Waals surface area contributed by atoms with Crippen molar-refractivity contribution in [1.82, 2.24) is 18.9 Å². The minimum Gasteiger partial charge on any atom is -0.377 e. The maximum atomic E-state index is 15.5. The smallest absolute Gasteiger partial charge is 0.362 e. The summed E-state index contributed by atoms with van der Waals surface area (Å²) in [6.07, 6.45) is 5.12. The summed E-state index contributed by atoms with van der Waals surface area (Å²) in [5.41, 5.74) is 2.91. The second-order valence-corrected chi connectivity index (χ2v) is 17.9. The summed E-state index contributed by atoms with van der Waals surface area (Å²) in [6, 6.07) is 26.5. The lowest BCUT2D eigenvalue weighted by Crippen LogP contribution is -2.37. The van der Waals surface area contributed by atoms with Crippen molar-refractivity contribution in [1.29, 1.82) is 0 Å². The minimum atomic E-state index is -4.17. The molecule has 1 fully saturated rings. The fraction of sp³-hybridized carbons (Fsp3) is 0.256. The number of aryl methyl sites for hydroxylation is 1. The second kappa shape index (κ2) is 15.2. The van der Waals surface area contributed by atoms with E-state index in [0.717, 1.165) is 26.9 Å². The molecule has 0 unspecified atom stereocenters. The highest BCUT2D eigenvalue weighted by molar-refractivity contribution is 7.90. The fourth-order valence-electron chi connectivity index (χ4n) is 6.70. The third-order valence-electron chi connectivity index (χ3n) is 9.50. The molecular weight excluding hydrogens is 738 g/mol. The SMILES string of the molecule is Cc1ccc(S(=O)(=O)n2cc(-c3ncc(F)c(C[C@H]4CCC[C@@](O)(P(=O)(OCc5ccccc5)OCc5ccccc5)C4)n3)c3cc(Cl)cnc32)cc1. The van der Waals surface area contributed by atoms with Gasteiger partial charge in [-0.3, -0.25) is 4.57 Å². The van der Waals surface area contributed by atoms with E-state index in [9.17, 15) is 18.1 Å². The number of aromatic nitrogens is 4. The Morgan fingerprint density at radius 3 is 2.25 bits per heavy atom. The van der Waals surface area contributed by atoms with Crippen LogP contribution in [0.2, 0.25) is 5.02 Å². The predicted octanol–water partition coefficient (Wildman–Crippen LogP) is 8.88. The Labute approximate surface area is 312 Å². The van der Waals surface area contributed by atoms with E-state index in [1.54, 1.807) is 18.2 Å². The van der Waals surface area contributed by atoms with Gasteiger partial charge in [-0.05, 0) is 74.3 Å². The number of hydrogen-bond acceptors (Lipinski definition) is 9. The zero-order chi connectivity index (χ0) is 37.2. The number of halogens is 2. The Morgan fingerprint density at radius 1 is 0.962 bits per heavy atom. The quantitative estimate of drug-likeness (QED) is 0.121. The average molecular weight is 775 g/mol. The highest BCUT2D eigenvalue weighted by Gasteiger charge is 2.52. The molecule has 0 saturated heterocycles. The van der Waals surface area contributed by atoms with Gasteiger partial charge in [0.05, 0.1) is 35.0 Å². The number of aliphatic hydroxyl groups is 1. The van der Waals surface area contributed by atoms with Gasteiger partial charge in [-0.1, -0.05) is 90.0 Å². The highest BCUT2D eigenvalue weighted by atomic mass is 35.5. The number of benzene rings is 3. The van der Waals surface area contributed by atoms with Crippen molar-refractivity contribution in [2.75, 3.05) is 0 Å². The summed E-state index contributed by atoms with van der Waals surface area (Å²) in [6.45, 7) is 1.80. The lowest BCUT2D eigenvalue weighted by molar-refractivity contribution is 0.0143. The van der Waals surface area contributed by atoms with Gasteiger partial charge in [0.25, 0.3) is 10.0 Å². The number of pyridine rings is 1. The number of fused-ring (bicyclic) bond motifs is 1. The van der Waals surface area contributed by atoms with Crippen LogP contribution in [0.5, 0.6) is 0 Å². The molecular formula is C39H37ClFN4O6PS. The Balaban J connectivity index is 1.18. The summed E-state index contributed by atoms with van der Waals surface area (Å²) >= 11 is 6.31. The zero-order valence-electron chi connectivity index (χ0n) is 28.8. The molecule has 274 valence electrons. The van der Waals surface area contributed by atoms with Crippen LogP contribution in [0.25, 0.3) is 22.4 Å². The van der Waals surface area contributed by atoms with Crippen LogP contribution in [-0.4, -0.2) is 37.8 Å². The van der Waals surface area contributed by atoms with Crippen LogP contribution >= 0.6 is 19.2 Å². The summed E-state index contributed by atoms with van der Waals surface area (Å²) in [5.74, 6) is -0.944. The van der Waals surface area contributed by atoms with Crippen molar-refractivity contribution in [3.8, 4) is 11.4 Å². The molecule has 0 spiro atoms. The van der Waals surface area contributed by atoms with Gasteiger partial charge >= 0.3 is 7.60 Å². The third-order valence-corrected chi connectivity index (χ3v) is 13.7. The molecule has 1 N–H and O–H groups in total. The normalized spacial score (nSPS) is 18.0. The van der Waals surface area contributed by atoms with E-state index < -0.39 is 28.8 Å². The molecule has 0 amide bonds. The second-order valence-electron chi connectivity index (χ2n) is 13.3. The Bertz CT molecular complexity index is 2350. The van der Waals surface area contributed by atoms with Crippen LogP contribution in [0.3, 0.4) is 0 Å². The first-order valence-electron chi connectivity index (χ1n) is 17.1. The van der Waals surface area contributed by atoms with Crippen molar-refractivity contribution < 1.29 is 31.5 Å². The molecule has 3 aromatic heterocycles. The van der Waals surface area contributed by atoms with Crippen molar-refractivity contribution in [2.45, 2.75) is 62.5 Å². The molecule has 53 heavy (non-hydrogen) atoms. The van der Waals surface area contributed by atoms with Crippen molar-refractivity contribution in [3.05, 3.63) is 143 Å². The van der Waals surface area contributed by atoms with Gasteiger partial charge in [0, 0.05) is 23.3 Å². The number of nitrogens with zero attached hydrogens (tertiary/aromatic N) is 4. The lowest BCUT2D eigenvalue weighted by atomic mass is 9.84. The summed E-state index contributed by atoms with van der Waals surface area (Å²) in [7, 11) is -8.26. The Kier molecular flexibility index (Phi) is 10.6. The predicted molar refractivity (Wildman–Crippen MR) is 200 cm³/mol. The first-order chi connectivity index (χ1) is 25.4. The summed E-state index contributed by atoms with van der Waals surface area (Å²) in [5, 5.41) is 10.9. The van der Waals surface area contributed by atoms with E-state index in [4.69, 9.17) is 20.6 Å². The molecule has 3 aromatic carbocycles. The van der Waals surface area contributed by atoms with E-state index in [1.165, 1.54) is 24.5 Å². The molecule has 2 atom stereocenters. The average Bonchev–Trinajstić information content (AvgIpc) is 3.54. The molecule has 1 aliphatic carbocycles. The van der Waals surface area contributed by atoms with Gasteiger partial charge in [0.15, 0.2) is 22.6 Å². The van der Waals surface area contributed by atoms with E-state index in [0.29, 0.717) is 23.8 Å². The Morgan fingerprint density at radius 2 is 1.60 bits per heavy atom. The number of hydrogen-bond donors (Lipinski definition) is 1. The third kappa shape index (κ3) is 7.85. The van der Waals surface area contributed by atoms with Crippen molar-refractivity contribution in [2.24, 2.45) is 5.92 Å². The van der Waals surface area contributed by atoms with Gasteiger partial charge in [-0.2, -0.15) is 0 Å². The molecule has 0 aliphatic heterocycles. The Hall–Kier alpha value is -4.29. The van der Waals surface area contributed by atoms with Crippen LogP contribution in [0.4, 0.5) is 4.39 Å². The maximum Gasteiger partial charge on any atom is 0.362 e. The van der Waals surface area contributed by atoms with E-state index in [-0.39, 0.29) is 65.5 Å². The monoisotopic (exact) mass is 774 g/mol. The van der Waals surface area contributed by atoms with Crippen LogP contribution in [0, 0.1) is 18.7 Å². The first-order valence-corrected chi connectivity index (χ1v) is 20.5. The van der Waals surface area contributed by atoms with Gasteiger partial charge in [-0.15, -0.1) is 0 Å². The van der Waals surface area contributed by atoms with Gasteiger partial charge in [-0.25, -0.2) is 31.7 Å². The van der Waals surface area contributed by atoms with Gasteiger partial charge < -0.3 is 14.2 Å². The van der Waals surface area contributed by atoms with Crippen molar-refractivity contribution in [3.63, 3.8) is 0 Å². The molecule has 1 saturated carbocycles. The zero-order valence-corrected chi connectivity index (χ0v) is 31.3. The largest absolute Gasteiger partial charge is 0.377 e. The van der Waals surface area contributed by atoms with Gasteiger partial charge in [0.2, 0.25) is 0 Å². The van der Waals surface area contributed by atoms with Crippen LogP contribution < -0.4 is 0 Å². The first kappa shape index (κ1) is 37.0. The maximum absolute atomic E-state index is 15.5. The van der Waals surface area contributed by atoms with Crippen LogP contribution in [0.15, 0.2) is 114 Å². The van der Waals surface area contributed by atoms with E-state index >= 15 is 4.39 Å². The molecule has 14 heteroatoms. The standard InChI is InChI=1S/C39H37ClFN4O6PS/c1-27-14-16-32(17-15-27)53(48,49)45-24-34(33-20-31(40)22-43-38(33)45)37-42-23-35(41)36(44-37)19-30-13-8-18-39(46,21-30)52(47,50-25-28-9-4-2-5-10-28)51-26-29-11-6-3-7-12-29/h2-7,9-12,14-17,20,22-24,30,46H,8,13,18-19,21,25-26H2,1H3/t30-,39-/m1/s1. The summed E-state index contributed by atoms with van der Waals surface area (Å²) in [4.78, 5) is 13.2. The topological polar surface area (TPSA) is 134 Å². The van der Waals surface area contributed by atoms with Gasteiger partial charge in [0.1, 0.15) is 0 Å². The lowest BCUT2D eigenvalue weighted by Gasteiger charge is -2.40. The molecule has 0 radical (unpaired) electrons. The molecule has 0 bridgehead atoms. The fourth-order valence-corrected chi connectivity index (χ4v) is 10.3. The van der Waals surface area contributed by atoms with Crippen molar-refractivity contribution >= 4 is 40.3 Å². The molecule has 6 aromatic rings. The van der Waals surface area contributed by atoms with E-state index in [2.05, 4.69) is 15.0 Å². The van der Waals surface area contributed by atoms with Crippen LogP contribution in [0.1, 0.15) is 48.1 Å². The molecule has 3 heterocycles. The van der Waals surface area contributed by atoms with Crippen LogP contribution in [-0.2, 0) is 43.3 Å². The minimum absolute atomic E-state index is 0.0141. The molecule has 1 aliphatic rings.